The maximum atomic E-state index is 13.1. The van der Waals surface area contributed by atoms with Crippen LogP contribution in [-0.4, -0.2) is 96.7 Å². The Labute approximate surface area is 600 Å². The molecule has 0 aromatic rings. The number of phosphoric acid groups is 2. The quantitative estimate of drug-likeness (QED) is 0.0222. The number of esters is 4. The summed E-state index contributed by atoms with van der Waals surface area (Å²) in [6.07, 6.45) is 65.3. The molecule has 0 spiro atoms. The van der Waals surface area contributed by atoms with Crippen LogP contribution in [0, 0.1) is 0 Å². The molecule has 19 heteroatoms. The largest absolute Gasteiger partial charge is 0.472 e. The number of carbonyl (C=O) groups excluding carboxylic acids is 4. The van der Waals surface area contributed by atoms with Gasteiger partial charge in [-0.1, -0.05) is 374 Å². The Balaban J connectivity index is 5.18. The smallest absolute Gasteiger partial charge is 0.462 e. The molecule has 582 valence electrons. The average Bonchev–Trinajstić information content (AvgIpc) is 1.03. The number of carbonyl (C=O) groups is 4. The predicted molar refractivity (Wildman–Crippen MR) is 400 cm³/mol. The minimum atomic E-state index is -4.96. The van der Waals surface area contributed by atoms with Gasteiger partial charge < -0.3 is 33.8 Å². The van der Waals surface area contributed by atoms with Gasteiger partial charge in [0.15, 0.2) is 12.2 Å². The molecule has 0 radical (unpaired) electrons. The normalized spacial score (nSPS) is 13.8. The number of ether oxygens (including phenoxy) is 4. The number of rotatable bonds is 80. The zero-order valence-corrected chi connectivity index (χ0v) is 65.6. The topological polar surface area (TPSA) is 237 Å². The van der Waals surface area contributed by atoms with Crippen molar-refractivity contribution in [3.63, 3.8) is 0 Å². The second kappa shape index (κ2) is 73.4. The first-order valence-corrected chi connectivity index (χ1v) is 44.3. The van der Waals surface area contributed by atoms with Crippen LogP contribution in [0.25, 0.3) is 0 Å². The van der Waals surface area contributed by atoms with Gasteiger partial charge >= 0.3 is 39.5 Å². The molecule has 0 bridgehead atoms. The highest BCUT2D eigenvalue weighted by Crippen LogP contribution is 2.45. The van der Waals surface area contributed by atoms with Gasteiger partial charge in [-0.25, -0.2) is 9.13 Å². The number of phosphoric ester groups is 2. The molecule has 0 aromatic heterocycles. The van der Waals surface area contributed by atoms with Crippen LogP contribution in [-0.2, 0) is 65.4 Å². The second-order valence-corrected chi connectivity index (χ2v) is 31.4. The maximum Gasteiger partial charge on any atom is 0.472 e. The zero-order chi connectivity index (χ0) is 71.8. The third-order valence-corrected chi connectivity index (χ3v) is 20.5. The molecular formula is C79H154O17P2. The number of aliphatic hydroxyl groups excluding tert-OH is 1. The van der Waals surface area contributed by atoms with Crippen LogP contribution in [0.3, 0.4) is 0 Å². The van der Waals surface area contributed by atoms with Crippen molar-refractivity contribution >= 4 is 39.5 Å². The van der Waals surface area contributed by atoms with Crippen LogP contribution >= 0.6 is 15.6 Å². The Morgan fingerprint density at radius 2 is 0.408 bits per heavy atom. The van der Waals surface area contributed by atoms with Crippen LogP contribution in [0.15, 0.2) is 0 Å². The minimum absolute atomic E-state index is 0.108. The lowest BCUT2D eigenvalue weighted by Crippen LogP contribution is -2.30. The highest BCUT2D eigenvalue weighted by atomic mass is 31.2. The van der Waals surface area contributed by atoms with Crippen molar-refractivity contribution in [3.05, 3.63) is 0 Å². The van der Waals surface area contributed by atoms with E-state index in [1.54, 1.807) is 0 Å². The number of hydrogen-bond acceptors (Lipinski definition) is 15. The highest BCUT2D eigenvalue weighted by molar-refractivity contribution is 7.47. The monoisotopic (exact) mass is 1440 g/mol. The molecule has 0 aliphatic carbocycles. The molecule has 3 N–H and O–H groups in total. The average molecular weight is 1440 g/mol. The van der Waals surface area contributed by atoms with E-state index in [4.69, 9.17) is 37.0 Å². The first-order chi connectivity index (χ1) is 47.7. The van der Waals surface area contributed by atoms with Crippen LogP contribution in [0.4, 0.5) is 0 Å². The lowest BCUT2D eigenvalue weighted by molar-refractivity contribution is -0.161. The van der Waals surface area contributed by atoms with Gasteiger partial charge in [0.1, 0.15) is 19.3 Å². The van der Waals surface area contributed by atoms with Gasteiger partial charge in [-0.15, -0.1) is 0 Å². The Morgan fingerprint density at radius 1 is 0.245 bits per heavy atom. The third-order valence-electron chi connectivity index (χ3n) is 18.6. The van der Waals surface area contributed by atoms with Gasteiger partial charge in [0, 0.05) is 25.7 Å². The zero-order valence-electron chi connectivity index (χ0n) is 63.8. The van der Waals surface area contributed by atoms with E-state index >= 15 is 0 Å². The van der Waals surface area contributed by atoms with E-state index in [1.807, 2.05) is 0 Å². The molecule has 0 rings (SSSR count). The molecular weight excluding hydrogens is 1280 g/mol. The van der Waals surface area contributed by atoms with E-state index in [0.717, 1.165) is 89.9 Å². The molecule has 0 fully saturated rings. The second-order valence-electron chi connectivity index (χ2n) is 28.5. The van der Waals surface area contributed by atoms with Gasteiger partial charge in [0.25, 0.3) is 0 Å². The molecule has 5 atom stereocenters. The van der Waals surface area contributed by atoms with E-state index in [0.29, 0.717) is 25.7 Å². The van der Waals surface area contributed by atoms with E-state index in [2.05, 4.69) is 27.7 Å². The van der Waals surface area contributed by atoms with E-state index in [1.165, 1.54) is 257 Å². The van der Waals surface area contributed by atoms with Gasteiger partial charge in [0.2, 0.25) is 0 Å². The summed E-state index contributed by atoms with van der Waals surface area (Å²) in [5.41, 5.74) is 0. The van der Waals surface area contributed by atoms with Crippen molar-refractivity contribution in [1.82, 2.24) is 0 Å². The maximum absolute atomic E-state index is 13.1. The molecule has 0 saturated carbocycles. The lowest BCUT2D eigenvalue weighted by atomic mass is 10.0. The Hall–Kier alpha value is -1.94. The minimum Gasteiger partial charge on any atom is -0.462 e. The fourth-order valence-corrected chi connectivity index (χ4v) is 13.9. The number of hydrogen-bond donors (Lipinski definition) is 3. The molecule has 0 aliphatic rings. The van der Waals surface area contributed by atoms with Crippen molar-refractivity contribution in [3.8, 4) is 0 Å². The summed E-state index contributed by atoms with van der Waals surface area (Å²) in [6.45, 7) is 4.98. The SMILES string of the molecule is CCCCCCCCCCCCCCCCCCCCCCCC(=O)O[C@H](COC(=O)CCCCCCCCCCCCCCCCCCC)COP(=O)(O)OC[C@@H](O)COP(=O)(O)OC[C@@H](COC(=O)CCCCCCCCCC)OC(=O)CCCCCCCCCCCCCC. The van der Waals surface area contributed by atoms with Crippen molar-refractivity contribution in [2.24, 2.45) is 0 Å². The summed E-state index contributed by atoms with van der Waals surface area (Å²) < 4.78 is 68.5. The van der Waals surface area contributed by atoms with Crippen molar-refractivity contribution in [1.29, 1.82) is 0 Å². The number of aliphatic hydroxyl groups is 1. The summed E-state index contributed by atoms with van der Waals surface area (Å²) in [4.78, 5) is 72.8. The molecule has 98 heavy (non-hydrogen) atoms. The molecule has 0 aliphatic heterocycles. The summed E-state index contributed by atoms with van der Waals surface area (Å²) in [6, 6.07) is 0. The van der Waals surface area contributed by atoms with Gasteiger partial charge in [-0.3, -0.25) is 37.3 Å². The first kappa shape index (κ1) is 96.1. The summed E-state index contributed by atoms with van der Waals surface area (Å²) in [5, 5.41) is 10.6. The Bertz CT molecular complexity index is 1860. The molecule has 2 unspecified atom stereocenters. The van der Waals surface area contributed by atoms with Crippen LogP contribution in [0.1, 0.15) is 426 Å². The van der Waals surface area contributed by atoms with Gasteiger partial charge in [-0.2, -0.15) is 0 Å². The van der Waals surface area contributed by atoms with Crippen molar-refractivity contribution < 1.29 is 80.2 Å². The Morgan fingerprint density at radius 3 is 0.602 bits per heavy atom. The van der Waals surface area contributed by atoms with Gasteiger partial charge in [-0.05, 0) is 25.7 Å². The molecule has 0 heterocycles. The van der Waals surface area contributed by atoms with E-state index in [-0.39, 0.29) is 25.7 Å². The summed E-state index contributed by atoms with van der Waals surface area (Å²) >= 11 is 0. The molecule has 17 nitrogen and oxygen atoms in total. The molecule has 0 amide bonds. The van der Waals surface area contributed by atoms with Crippen LogP contribution < -0.4 is 0 Å². The number of unbranched alkanes of at least 4 members (excludes halogenated alkanes) is 54. The lowest BCUT2D eigenvalue weighted by Gasteiger charge is -2.21. The molecule has 0 aromatic carbocycles. The standard InChI is InChI=1S/C79H154O17P2/c1-5-9-13-17-21-25-28-31-33-35-36-37-38-40-42-44-47-50-54-58-62-66-79(84)96-75(70-90-77(82)64-60-56-52-48-46-43-41-39-34-32-29-26-22-18-14-10-6-2)72-94-98(87,88)92-68-73(80)67-91-97(85,86)93-71-74(69-89-76(81)63-59-55-51-24-20-16-12-8-4)95-78(83)65-61-57-53-49-45-30-27-23-19-15-11-7-3/h73-75,80H,5-72H2,1-4H3,(H,85,86)(H,87,88)/t73-,74+,75+/m0/s1. The molecule has 0 saturated heterocycles. The highest BCUT2D eigenvalue weighted by Gasteiger charge is 2.30. The van der Waals surface area contributed by atoms with Crippen LogP contribution in [0.2, 0.25) is 0 Å². The third kappa shape index (κ3) is 72.4. The fourth-order valence-electron chi connectivity index (χ4n) is 12.3. The Kier molecular flexibility index (Phi) is 71.9. The summed E-state index contributed by atoms with van der Waals surface area (Å²) in [7, 11) is -9.91. The predicted octanol–water partition coefficient (Wildman–Crippen LogP) is 23.8. The van der Waals surface area contributed by atoms with E-state index < -0.39 is 97.5 Å². The van der Waals surface area contributed by atoms with Crippen molar-refractivity contribution in [2.45, 2.75) is 444 Å². The van der Waals surface area contributed by atoms with Crippen LogP contribution in [0.5, 0.6) is 0 Å². The van der Waals surface area contributed by atoms with Crippen molar-refractivity contribution in [2.75, 3.05) is 39.6 Å². The van der Waals surface area contributed by atoms with E-state index in [9.17, 15) is 43.2 Å². The fraction of sp³-hybridized carbons (Fsp3) is 0.949. The first-order valence-electron chi connectivity index (χ1n) is 41.3. The summed E-state index contributed by atoms with van der Waals surface area (Å²) in [5.74, 6) is -2.11. The van der Waals surface area contributed by atoms with Gasteiger partial charge in [0.05, 0.1) is 26.4 Å².